The van der Waals surface area contributed by atoms with Crippen LogP contribution in [0.15, 0.2) is 18.2 Å². The highest BCUT2D eigenvalue weighted by Gasteiger charge is 2.32. The fraction of sp³-hybridized carbons (Fsp3) is 0.562. The average molecular weight is 276 g/mol. The molecule has 2 fully saturated rings. The van der Waals surface area contributed by atoms with E-state index in [0.29, 0.717) is 11.6 Å². The molecule has 3 nitrogen and oxygen atoms in total. The molecule has 0 radical (unpaired) electrons. The molecule has 0 aromatic heterocycles. The molecule has 2 saturated heterocycles. The molecule has 108 valence electrons. The minimum absolute atomic E-state index is 0.166. The van der Waals surface area contributed by atoms with Crippen molar-refractivity contribution < 1.29 is 9.18 Å². The molecule has 2 unspecified atom stereocenters. The summed E-state index contributed by atoms with van der Waals surface area (Å²) in [5.74, 6) is -0.675. The Morgan fingerprint density at radius 1 is 1.35 bits per heavy atom. The van der Waals surface area contributed by atoms with Gasteiger partial charge in [0.25, 0.3) is 5.91 Å². The SMILES string of the molecule is Cc1cccc(C(=O)NC2CCN3CCCC3C2)c1F. The van der Waals surface area contributed by atoms with Crippen LogP contribution < -0.4 is 5.32 Å². The third-order valence-electron chi connectivity index (χ3n) is 4.59. The first-order valence-corrected chi connectivity index (χ1v) is 7.45. The molecule has 0 spiro atoms. The molecule has 0 bridgehead atoms. The molecule has 3 rings (SSSR count). The Hall–Kier alpha value is -1.42. The third-order valence-corrected chi connectivity index (χ3v) is 4.59. The predicted molar refractivity (Wildman–Crippen MR) is 76.2 cm³/mol. The molecule has 1 amide bonds. The fourth-order valence-electron chi connectivity index (χ4n) is 3.44. The van der Waals surface area contributed by atoms with E-state index in [0.717, 1.165) is 19.4 Å². The number of hydrogen-bond acceptors (Lipinski definition) is 2. The molecular weight excluding hydrogens is 255 g/mol. The number of benzene rings is 1. The fourth-order valence-corrected chi connectivity index (χ4v) is 3.44. The summed E-state index contributed by atoms with van der Waals surface area (Å²) in [5.41, 5.74) is 0.683. The summed E-state index contributed by atoms with van der Waals surface area (Å²) in [5, 5.41) is 3.01. The molecule has 2 atom stereocenters. The molecule has 0 saturated carbocycles. The van der Waals surface area contributed by atoms with Crippen molar-refractivity contribution in [2.75, 3.05) is 13.1 Å². The minimum atomic E-state index is -0.400. The van der Waals surface area contributed by atoms with E-state index in [1.165, 1.54) is 19.4 Å². The van der Waals surface area contributed by atoms with E-state index >= 15 is 0 Å². The maximum atomic E-state index is 14.0. The van der Waals surface area contributed by atoms with Gasteiger partial charge >= 0.3 is 0 Å². The maximum Gasteiger partial charge on any atom is 0.254 e. The molecule has 2 aliphatic heterocycles. The van der Waals surface area contributed by atoms with Gasteiger partial charge in [0, 0.05) is 18.6 Å². The standard InChI is InChI=1S/C16H21FN2O/c1-11-4-2-6-14(15(11)17)16(20)18-12-7-9-19-8-3-5-13(19)10-12/h2,4,6,12-13H,3,5,7-10H2,1H3,(H,18,20). The first kappa shape index (κ1) is 13.6. The second-order valence-electron chi connectivity index (χ2n) is 5.96. The number of amides is 1. The smallest absolute Gasteiger partial charge is 0.254 e. The molecule has 2 aliphatic rings. The molecule has 1 aromatic carbocycles. The number of aryl methyl sites for hydroxylation is 1. The van der Waals surface area contributed by atoms with Crippen molar-refractivity contribution in [2.45, 2.75) is 44.7 Å². The highest BCUT2D eigenvalue weighted by Crippen LogP contribution is 2.27. The first-order chi connectivity index (χ1) is 9.65. The Bertz CT molecular complexity index is 517. The topological polar surface area (TPSA) is 32.3 Å². The van der Waals surface area contributed by atoms with Crippen molar-refractivity contribution in [3.63, 3.8) is 0 Å². The second-order valence-corrected chi connectivity index (χ2v) is 5.96. The Balaban J connectivity index is 1.65. The van der Waals surface area contributed by atoms with Crippen molar-refractivity contribution in [1.29, 1.82) is 0 Å². The average Bonchev–Trinajstić information content (AvgIpc) is 2.89. The second kappa shape index (κ2) is 5.52. The summed E-state index contributed by atoms with van der Waals surface area (Å²) in [6.07, 6.45) is 4.46. The zero-order valence-corrected chi connectivity index (χ0v) is 11.9. The molecule has 20 heavy (non-hydrogen) atoms. The van der Waals surface area contributed by atoms with Gasteiger partial charge in [-0.3, -0.25) is 4.79 Å². The highest BCUT2D eigenvalue weighted by atomic mass is 19.1. The van der Waals surface area contributed by atoms with Gasteiger partial charge in [-0.1, -0.05) is 12.1 Å². The summed E-state index contributed by atoms with van der Waals surface area (Å²) in [6.45, 7) is 3.92. The van der Waals surface area contributed by atoms with Crippen molar-refractivity contribution in [3.8, 4) is 0 Å². The van der Waals surface area contributed by atoms with Gasteiger partial charge < -0.3 is 10.2 Å². The van der Waals surface area contributed by atoms with Gasteiger partial charge in [0.2, 0.25) is 0 Å². The molecule has 1 aromatic rings. The highest BCUT2D eigenvalue weighted by molar-refractivity contribution is 5.94. The van der Waals surface area contributed by atoms with E-state index in [-0.39, 0.29) is 17.5 Å². The zero-order chi connectivity index (χ0) is 14.1. The minimum Gasteiger partial charge on any atom is -0.349 e. The molecule has 4 heteroatoms. The zero-order valence-electron chi connectivity index (χ0n) is 11.9. The Morgan fingerprint density at radius 2 is 2.20 bits per heavy atom. The van der Waals surface area contributed by atoms with Crippen LogP contribution >= 0.6 is 0 Å². The molecule has 0 aliphatic carbocycles. The lowest BCUT2D eigenvalue weighted by Gasteiger charge is -2.35. The number of nitrogens with one attached hydrogen (secondary N) is 1. The van der Waals surface area contributed by atoms with Gasteiger partial charge in [-0.05, 0) is 50.8 Å². The van der Waals surface area contributed by atoms with Crippen LogP contribution in [0, 0.1) is 12.7 Å². The number of rotatable bonds is 2. The van der Waals surface area contributed by atoms with E-state index in [2.05, 4.69) is 10.2 Å². The van der Waals surface area contributed by atoms with Crippen molar-refractivity contribution >= 4 is 5.91 Å². The van der Waals surface area contributed by atoms with Crippen LogP contribution in [0.5, 0.6) is 0 Å². The van der Waals surface area contributed by atoms with Crippen LogP contribution in [0.4, 0.5) is 4.39 Å². The lowest BCUT2D eigenvalue weighted by atomic mass is 9.97. The normalized spacial score (nSPS) is 26.3. The van der Waals surface area contributed by atoms with Gasteiger partial charge in [0.05, 0.1) is 5.56 Å². The van der Waals surface area contributed by atoms with Gasteiger partial charge in [0.15, 0.2) is 0 Å². The van der Waals surface area contributed by atoms with Gasteiger partial charge in [-0.15, -0.1) is 0 Å². The monoisotopic (exact) mass is 276 g/mol. The predicted octanol–water partition coefficient (Wildman–Crippen LogP) is 2.49. The summed E-state index contributed by atoms with van der Waals surface area (Å²) >= 11 is 0. The third kappa shape index (κ3) is 2.57. The number of fused-ring (bicyclic) bond motifs is 1. The number of nitrogens with zero attached hydrogens (tertiary/aromatic N) is 1. The molecular formula is C16H21FN2O. The summed E-state index contributed by atoms with van der Waals surface area (Å²) in [6, 6.07) is 5.76. The van der Waals surface area contributed by atoms with Crippen molar-refractivity contribution in [1.82, 2.24) is 10.2 Å². The van der Waals surface area contributed by atoms with Gasteiger partial charge in [0.1, 0.15) is 5.82 Å². The number of piperidine rings is 1. The molecule has 1 N–H and O–H groups in total. The molecule has 2 heterocycles. The van der Waals surface area contributed by atoms with Crippen LogP contribution in [-0.2, 0) is 0 Å². The van der Waals surface area contributed by atoms with Crippen LogP contribution in [0.25, 0.3) is 0 Å². The van der Waals surface area contributed by atoms with E-state index in [4.69, 9.17) is 0 Å². The van der Waals surface area contributed by atoms with Gasteiger partial charge in [-0.25, -0.2) is 4.39 Å². The number of hydrogen-bond donors (Lipinski definition) is 1. The number of carbonyl (C=O) groups is 1. The number of carbonyl (C=O) groups excluding carboxylic acids is 1. The quantitative estimate of drug-likeness (QED) is 0.900. The lowest BCUT2D eigenvalue weighted by Crippen LogP contribution is -2.47. The summed E-state index contributed by atoms with van der Waals surface area (Å²) < 4.78 is 14.0. The van der Waals surface area contributed by atoms with E-state index in [1.807, 2.05) is 0 Å². The first-order valence-electron chi connectivity index (χ1n) is 7.45. The van der Waals surface area contributed by atoms with E-state index in [9.17, 15) is 9.18 Å². The largest absolute Gasteiger partial charge is 0.349 e. The summed E-state index contributed by atoms with van der Waals surface area (Å²) in [4.78, 5) is 14.7. The summed E-state index contributed by atoms with van der Waals surface area (Å²) in [7, 11) is 0. The van der Waals surface area contributed by atoms with Crippen LogP contribution in [-0.4, -0.2) is 36.0 Å². The Kier molecular flexibility index (Phi) is 3.74. The van der Waals surface area contributed by atoms with Crippen molar-refractivity contribution in [2.24, 2.45) is 0 Å². The van der Waals surface area contributed by atoms with Crippen molar-refractivity contribution in [3.05, 3.63) is 35.1 Å². The van der Waals surface area contributed by atoms with Crippen LogP contribution in [0.2, 0.25) is 0 Å². The number of halogens is 1. The Labute approximate surface area is 119 Å². The Morgan fingerprint density at radius 3 is 3.05 bits per heavy atom. The van der Waals surface area contributed by atoms with E-state index < -0.39 is 5.82 Å². The van der Waals surface area contributed by atoms with Crippen LogP contribution in [0.1, 0.15) is 41.6 Å². The van der Waals surface area contributed by atoms with Gasteiger partial charge in [-0.2, -0.15) is 0 Å². The van der Waals surface area contributed by atoms with Crippen LogP contribution in [0.3, 0.4) is 0 Å². The van der Waals surface area contributed by atoms with E-state index in [1.54, 1.807) is 25.1 Å². The lowest BCUT2D eigenvalue weighted by molar-refractivity contribution is 0.0892. The maximum absolute atomic E-state index is 14.0.